The van der Waals surface area contributed by atoms with Gasteiger partial charge in [0.25, 0.3) is 0 Å². The molecule has 0 amide bonds. The molecule has 0 saturated heterocycles. The van der Waals surface area contributed by atoms with Crippen LogP contribution < -0.4 is 10.5 Å². The van der Waals surface area contributed by atoms with Crippen LogP contribution in [0.25, 0.3) is 0 Å². The largest absolute Gasteiger partial charge is 0.437 e. The molecule has 1 aromatic carbocycles. The number of ether oxygens (including phenoxy) is 1. The van der Waals surface area contributed by atoms with Crippen molar-refractivity contribution in [1.29, 1.82) is 0 Å². The molecule has 2 N–H and O–H groups in total. The lowest BCUT2D eigenvalue weighted by molar-refractivity contribution is 0.438. The van der Waals surface area contributed by atoms with Gasteiger partial charge < -0.3 is 10.5 Å². The Kier molecular flexibility index (Phi) is 3.42. The highest BCUT2D eigenvalue weighted by Crippen LogP contribution is 2.34. The summed E-state index contributed by atoms with van der Waals surface area (Å²) in [5, 5.41) is 0. The molecule has 19 heavy (non-hydrogen) atoms. The van der Waals surface area contributed by atoms with Crippen LogP contribution in [0.15, 0.2) is 30.6 Å². The summed E-state index contributed by atoms with van der Waals surface area (Å²) in [6.45, 7) is 8.53. The highest BCUT2D eigenvalue weighted by atomic mass is 16.5. The Morgan fingerprint density at radius 1 is 1.16 bits per heavy atom. The highest BCUT2D eigenvalue weighted by Gasteiger charge is 2.19. The zero-order valence-electron chi connectivity index (χ0n) is 11.8. The van der Waals surface area contributed by atoms with Crippen LogP contribution in [-0.4, -0.2) is 9.97 Å². The average Bonchev–Trinajstić information content (AvgIpc) is 2.30. The van der Waals surface area contributed by atoms with Crippen molar-refractivity contribution < 1.29 is 4.74 Å². The van der Waals surface area contributed by atoms with Gasteiger partial charge in [-0.15, -0.1) is 0 Å². The Balaban J connectivity index is 2.40. The SMILES string of the molecule is Cc1ccc(Oc2cncc(N)n2)c(C(C)(C)C)c1. The molecule has 1 heterocycles. The Bertz CT molecular complexity index is 588. The van der Waals surface area contributed by atoms with Crippen molar-refractivity contribution in [2.45, 2.75) is 33.1 Å². The number of nitrogens with two attached hydrogens (primary N) is 1. The van der Waals surface area contributed by atoms with Crippen LogP contribution in [0.5, 0.6) is 11.6 Å². The van der Waals surface area contributed by atoms with E-state index in [1.54, 1.807) is 6.20 Å². The zero-order chi connectivity index (χ0) is 14.0. The molecule has 4 heteroatoms. The maximum Gasteiger partial charge on any atom is 0.239 e. The Hall–Kier alpha value is -2.10. The third-order valence-electron chi connectivity index (χ3n) is 2.79. The van der Waals surface area contributed by atoms with Crippen LogP contribution in [0, 0.1) is 6.92 Å². The first-order valence-corrected chi connectivity index (χ1v) is 6.23. The van der Waals surface area contributed by atoms with Crippen molar-refractivity contribution >= 4 is 5.82 Å². The van der Waals surface area contributed by atoms with Crippen molar-refractivity contribution in [2.75, 3.05) is 5.73 Å². The monoisotopic (exact) mass is 257 g/mol. The quantitative estimate of drug-likeness (QED) is 0.895. The van der Waals surface area contributed by atoms with E-state index in [2.05, 4.69) is 43.7 Å². The van der Waals surface area contributed by atoms with E-state index >= 15 is 0 Å². The van der Waals surface area contributed by atoms with Gasteiger partial charge in [0.1, 0.15) is 11.6 Å². The van der Waals surface area contributed by atoms with Crippen LogP contribution in [0.1, 0.15) is 31.9 Å². The van der Waals surface area contributed by atoms with Crippen molar-refractivity contribution in [2.24, 2.45) is 0 Å². The lowest BCUT2D eigenvalue weighted by atomic mass is 9.85. The normalized spacial score (nSPS) is 11.4. The summed E-state index contributed by atoms with van der Waals surface area (Å²) in [5.74, 6) is 1.55. The van der Waals surface area contributed by atoms with E-state index in [9.17, 15) is 0 Å². The Labute approximate surface area is 113 Å². The summed E-state index contributed by atoms with van der Waals surface area (Å²) in [6.07, 6.45) is 3.05. The number of benzene rings is 1. The molecule has 0 aliphatic carbocycles. The van der Waals surface area contributed by atoms with Gasteiger partial charge in [-0.2, -0.15) is 4.98 Å². The molecule has 0 saturated carbocycles. The molecule has 1 aromatic heterocycles. The van der Waals surface area contributed by atoms with Crippen LogP contribution >= 0.6 is 0 Å². The maximum absolute atomic E-state index is 5.82. The van der Waals surface area contributed by atoms with Gasteiger partial charge in [-0.05, 0) is 18.4 Å². The molecule has 0 aliphatic heterocycles. The van der Waals surface area contributed by atoms with Gasteiger partial charge in [0, 0.05) is 5.56 Å². The molecule has 0 atom stereocenters. The molecule has 2 rings (SSSR count). The fraction of sp³-hybridized carbons (Fsp3) is 0.333. The summed E-state index contributed by atoms with van der Waals surface area (Å²) in [5.41, 5.74) is 7.94. The summed E-state index contributed by atoms with van der Waals surface area (Å²) in [6, 6.07) is 6.11. The molecule has 0 aliphatic rings. The molecular weight excluding hydrogens is 238 g/mol. The van der Waals surface area contributed by atoms with Gasteiger partial charge in [-0.3, -0.25) is 4.98 Å². The fourth-order valence-corrected chi connectivity index (χ4v) is 1.84. The summed E-state index contributed by atoms with van der Waals surface area (Å²) in [7, 11) is 0. The third kappa shape index (κ3) is 3.22. The molecule has 0 radical (unpaired) electrons. The average molecular weight is 257 g/mol. The second-order valence-electron chi connectivity index (χ2n) is 5.63. The molecular formula is C15H19N3O. The maximum atomic E-state index is 5.82. The molecule has 2 aromatic rings. The van der Waals surface area contributed by atoms with Crippen LogP contribution in [0.4, 0.5) is 5.82 Å². The predicted octanol–water partition coefficient (Wildman–Crippen LogP) is 3.46. The first-order chi connectivity index (χ1) is 8.86. The van der Waals surface area contributed by atoms with Gasteiger partial charge in [0.15, 0.2) is 0 Å². The van der Waals surface area contributed by atoms with E-state index in [1.165, 1.54) is 11.8 Å². The minimum absolute atomic E-state index is 0.00485. The van der Waals surface area contributed by atoms with Gasteiger partial charge in [0.05, 0.1) is 12.4 Å². The Morgan fingerprint density at radius 3 is 2.53 bits per heavy atom. The molecule has 100 valence electrons. The van der Waals surface area contributed by atoms with E-state index in [1.807, 2.05) is 12.1 Å². The minimum Gasteiger partial charge on any atom is -0.437 e. The van der Waals surface area contributed by atoms with E-state index in [0.717, 1.165) is 11.3 Å². The number of aryl methyl sites for hydroxylation is 1. The smallest absolute Gasteiger partial charge is 0.239 e. The van der Waals surface area contributed by atoms with Crippen LogP contribution in [-0.2, 0) is 5.41 Å². The summed E-state index contributed by atoms with van der Waals surface area (Å²) >= 11 is 0. The molecule has 0 fully saturated rings. The van der Waals surface area contributed by atoms with Gasteiger partial charge >= 0.3 is 0 Å². The predicted molar refractivity (Wildman–Crippen MR) is 76.4 cm³/mol. The van der Waals surface area contributed by atoms with Crippen molar-refractivity contribution in [3.8, 4) is 11.6 Å². The number of nitrogens with zero attached hydrogens (tertiary/aromatic N) is 2. The molecule has 0 bridgehead atoms. The van der Waals surface area contributed by atoms with Crippen molar-refractivity contribution in [3.05, 3.63) is 41.7 Å². The Morgan fingerprint density at radius 2 is 1.89 bits per heavy atom. The lowest BCUT2D eigenvalue weighted by Crippen LogP contribution is -2.13. The van der Waals surface area contributed by atoms with E-state index < -0.39 is 0 Å². The second kappa shape index (κ2) is 4.88. The number of nitrogen functional groups attached to an aromatic ring is 1. The van der Waals surface area contributed by atoms with E-state index in [4.69, 9.17) is 10.5 Å². The first-order valence-electron chi connectivity index (χ1n) is 6.23. The van der Waals surface area contributed by atoms with Crippen LogP contribution in [0.3, 0.4) is 0 Å². The highest BCUT2D eigenvalue weighted by molar-refractivity contribution is 5.43. The van der Waals surface area contributed by atoms with E-state index in [-0.39, 0.29) is 5.41 Å². The van der Waals surface area contributed by atoms with Gasteiger partial charge in [0.2, 0.25) is 5.88 Å². The molecule has 0 unspecified atom stereocenters. The van der Waals surface area contributed by atoms with Crippen molar-refractivity contribution in [3.63, 3.8) is 0 Å². The van der Waals surface area contributed by atoms with Crippen molar-refractivity contribution in [1.82, 2.24) is 9.97 Å². The topological polar surface area (TPSA) is 61.0 Å². The second-order valence-corrected chi connectivity index (χ2v) is 5.63. The summed E-state index contributed by atoms with van der Waals surface area (Å²) < 4.78 is 5.82. The van der Waals surface area contributed by atoms with Gasteiger partial charge in [-0.1, -0.05) is 38.5 Å². The first kappa shape index (κ1) is 13.3. The fourth-order valence-electron chi connectivity index (χ4n) is 1.84. The lowest BCUT2D eigenvalue weighted by Gasteiger charge is -2.23. The molecule has 0 spiro atoms. The number of hydrogen-bond acceptors (Lipinski definition) is 4. The standard InChI is InChI=1S/C15H19N3O/c1-10-5-6-12(11(7-10)15(2,3)4)19-14-9-17-8-13(16)18-14/h5-9H,1-4H3,(H2,16,18). The minimum atomic E-state index is -0.00485. The zero-order valence-corrected chi connectivity index (χ0v) is 11.8. The summed E-state index contributed by atoms with van der Waals surface area (Å²) in [4.78, 5) is 8.08. The van der Waals surface area contributed by atoms with E-state index in [0.29, 0.717) is 11.7 Å². The number of hydrogen-bond donors (Lipinski definition) is 1. The van der Waals surface area contributed by atoms with Crippen LogP contribution in [0.2, 0.25) is 0 Å². The number of rotatable bonds is 2. The third-order valence-corrected chi connectivity index (χ3v) is 2.79. The number of aromatic nitrogens is 2. The number of anilines is 1. The molecule has 4 nitrogen and oxygen atoms in total. The van der Waals surface area contributed by atoms with Gasteiger partial charge in [-0.25, -0.2) is 0 Å².